The highest BCUT2D eigenvalue weighted by atomic mass is 32.2. The van der Waals surface area contributed by atoms with Crippen molar-refractivity contribution >= 4 is 34.9 Å². The van der Waals surface area contributed by atoms with E-state index < -0.39 is 5.97 Å². The lowest BCUT2D eigenvalue weighted by atomic mass is 10.2. The van der Waals surface area contributed by atoms with Crippen molar-refractivity contribution in [2.45, 2.75) is 5.03 Å². The lowest BCUT2D eigenvalue weighted by Gasteiger charge is -2.10. The molecule has 1 aromatic carbocycles. The highest BCUT2D eigenvalue weighted by molar-refractivity contribution is 8.00. The van der Waals surface area contributed by atoms with Gasteiger partial charge in [0.05, 0.1) is 25.5 Å². The number of aromatic carboxylic acids is 1. The fraction of sp³-hybridized carbons (Fsp3) is 0.105. The Morgan fingerprint density at radius 3 is 2.82 bits per heavy atom. The predicted molar refractivity (Wildman–Crippen MR) is 108 cm³/mol. The van der Waals surface area contributed by atoms with Crippen LogP contribution in [0.5, 0.6) is 11.6 Å². The van der Waals surface area contributed by atoms with E-state index in [4.69, 9.17) is 14.6 Å². The third-order valence-electron chi connectivity index (χ3n) is 3.45. The average Bonchev–Trinajstić information content (AvgIpc) is 3.18. The van der Waals surface area contributed by atoms with Crippen LogP contribution in [-0.2, 0) is 0 Å². The van der Waals surface area contributed by atoms with E-state index in [-0.39, 0.29) is 5.56 Å². The van der Waals surface area contributed by atoms with E-state index in [1.54, 1.807) is 31.5 Å². The van der Waals surface area contributed by atoms with Crippen molar-refractivity contribution in [3.05, 3.63) is 58.0 Å². The maximum atomic E-state index is 11.0. The molecule has 0 amide bonds. The van der Waals surface area contributed by atoms with Crippen LogP contribution in [0.25, 0.3) is 0 Å². The zero-order valence-electron chi connectivity index (χ0n) is 14.9. The van der Waals surface area contributed by atoms with Crippen LogP contribution in [-0.4, -0.2) is 35.3 Å². The van der Waals surface area contributed by atoms with Crippen molar-refractivity contribution in [1.82, 2.24) is 9.97 Å². The highest BCUT2D eigenvalue weighted by Crippen LogP contribution is 2.30. The first kappa shape index (κ1) is 19.5. The summed E-state index contributed by atoms with van der Waals surface area (Å²) >= 11 is 2.72. The van der Waals surface area contributed by atoms with E-state index >= 15 is 0 Å². The summed E-state index contributed by atoms with van der Waals surface area (Å²) < 4.78 is 13.4. The Morgan fingerprint density at radius 2 is 2.07 bits per heavy atom. The van der Waals surface area contributed by atoms with Crippen LogP contribution >= 0.6 is 23.3 Å². The fourth-order valence-corrected chi connectivity index (χ4v) is 3.54. The van der Waals surface area contributed by atoms with Crippen molar-refractivity contribution < 1.29 is 19.4 Å². The molecule has 9 heteroatoms. The molecule has 142 valence electrons. The molecule has 0 spiro atoms. The molecular weight excluding hydrogens is 398 g/mol. The minimum Gasteiger partial charge on any atom is -0.495 e. The van der Waals surface area contributed by atoms with Gasteiger partial charge in [0.15, 0.2) is 5.01 Å². The molecule has 0 aliphatic carbocycles. The summed E-state index contributed by atoms with van der Waals surface area (Å²) in [6.45, 7) is 0. The topological polar surface area (TPSA) is 93.6 Å². The number of rotatable bonds is 6. The third kappa shape index (κ3) is 4.94. The van der Waals surface area contributed by atoms with Gasteiger partial charge in [-0.2, -0.15) is 0 Å². The van der Waals surface area contributed by atoms with Gasteiger partial charge in [-0.05, 0) is 30.2 Å². The summed E-state index contributed by atoms with van der Waals surface area (Å²) in [6.07, 6.45) is 1.64. The largest absolute Gasteiger partial charge is 0.495 e. The Labute approximate surface area is 169 Å². The second kappa shape index (κ2) is 9.12. The normalized spacial score (nSPS) is 9.93. The smallest absolute Gasteiger partial charge is 0.335 e. The second-order valence-electron chi connectivity index (χ2n) is 5.25. The summed E-state index contributed by atoms with van der Waals surface area (Å²) in [4.78, 5) is 19.5. The average molecular weight is 413 g/mol. The Balaban J connectivity index is 1.67. The van der Waals surface area contributed by atoms with Crippen molar-refractivity contribution in [2.75, 3.05) is 18.9 Å². The Morgan fingerprint density at radius 1 is 1.21 bits per heavy atom. The molecular formula is C19H15N3O4S2. The number of carboxylic acid groups (broad SMARTS) is 1. The number of anilines is 1. The van der Waals surface area contributed by atoms with Gasteiger partial charge in [-0.3, -0.25) is 0 Å². The molecule has 0 fully saturated rings. The van der Waals surface area contributed by atoms with Crippen LogP contribution in [0.15, 0.2) is 46.9 Å². The zero-order valence-corrected chi connectivity index (χ0v) is 16.6. The van der Waals surface area contributed by atoms with Gasteiger partial charge in [0.2, 0.25) is 5.88 Å². The summed E-state index contributed by atoms with van der Waals surface area (Å²) in [5.74, 6) is 5.99. The Kier molecular flexibility index (Phi) is 6.37. The van der Waals surface area contributed by atoms with Gasteiger partial charge < -0.3 is 19.3 Å². The Hall–Kier alpha value is -3.22. The van der Waals surface area contributed by atoms with E-state index in [1.807, 2.05) is 5.38 Å². The molecule has 28 heavy (non-hydrogen) atoms. The molecule has 0 aliphatic rings. The quantitative estimate of drug-likeness (QED) is 0.466. The van der Waals surface area contributed by atoms with Crippen LogP contribution in [0.2, 0.25) is 0 Å². The predicted octanol–water partition coefficient (Wildman–Crippen LogP) is 3.77. The van der Waals surface area contributed by atoms with Gasteiger partial charge in [0.1, 0.15) is 10.8 Å². The molecule has 7 nitrogen and oxygen atoms in total. The number of ether oxygens (including phenoxy) is 2. The molecule has 0 bridgehead atoms. The van der Waals surface area contributed by atoms with Gasteiger partial charge >= 0.3 is 5.97 Å². The van der Waals surface area contributed by atoms with Crippen LogP contribution in [0.4, 0.5) is 5.69 Å². The maximum absolute atomic E-state index is 11.0. The second-order valence-corrected chi connectivity index (χ2v) is 6.94. The monoisotopic (exact) mass is 413 g/mol. The number of benzene rings is 1. The van der Waals surface area contributed by atoms with E-state index in [0.29, 0.717) is 22.3 Å². The van der Waals surface area contributed by atoms with Gasteiger partial charge in [-0.25, -0.2) is 14.8 Å². The fourth-order valence-electron chi connectivity index (χ4n) is 2.10. The lowest BCUT2D eigenvalue weighted by Crippen LogP contribution is -1.99. The van der Waals surface area contributed by atoms with E-state index in [0.717, 1.165) is 10.6 Å². The molecule has 0 atom stereocenters. The van der Waals surface area contributed by atoms with Crippen molar-refractivity contribution in [1.29, 1.82) is 0 Å². The molecule has 0 saturated carbocycles. The number of pyridine rings is 1. The molecule has 0 aliphatic heterocycles. The first-order valence-electron chi connectivity index (χ1n) is 7.91. The first-order valence-corrected chi connectivity index (χ1v) is 9.60. The molecule has 0 saturated heterocycles. The number of carbonyl (C=O) groups is 1. The Bertz CT molecular complexity index is 1060. The van der Waals surface area contributed by atoms with E-state index in [1.165, 1.54) is 42.5 Å². The third-order valence-corrected chi connectivity index (χ3v) is 5.10. The van der Waals surface area contributed by atoms with Crippen LogP contribution < -0.4 is 14.2 Å². The summed E-state index contributed by atoms with van der Waals surface area (Å²) in [5, 5.41) is 12.4. The van der Waals surface area contributed by atoms with E-state index in [9.17, 15) is 4.79 Å². The molecule has 2 N–H and O–H groups in total. The number of nitrogens with zero attached hydrogens (tertiary/aromatic N) is 2. The first-order chi connectivity index (χ1) is 13.6. The van der Waals surface area contributed by atoms with Crippen LogP contribution in [0.3, 0.4) is 0 Å². The number of hydrogen-bond acceptors (Lipinski definition) is 8. The van der Waals surface area contributed by atoms with E-state index in [2.05, 4.69) is 26.5 Å². The maximum Gasteiger partial charge on any atom is 0.335 e. The van der Waals surface area contributed by atoms with Gasteiger partial charge in [0.25, 0.3) is 0 Å². The standard InChI is InChI=1S/C19H15N3O4S2/c1-25-15-10-13(19(23)24)4-5-14(15)22-28-18-11-27-17(21-18)6-3-12-7-8-20-16(9-12)26-2/h4-5,7-11,22H,1-2H3,(H,23,24). The summed E-state index contributed by atoms with van der Waals surface area (Å²) in [7, 11) is 3.04. The zero-order chi connectivity index (χ0) is 19.9. The number of thiazole rings is 1. The van der Waals surface area contributed by atoms with Crippen LogP contribution in [0.1, 0.15) is 20.9 Å². The number of hydrogen-bond donors (Lipinski definition) is 2. The number of aromatic nitrogens is 2. The summed E-state index contributed by atoms with van der Waals surface area (Å²) in [5.41, 5.74) is 1.60. The number of methoxy groups -OCH3 is 2. The van der Waals surface area contributed by atoms with Gasteiger partial charge in [0, 0.05) is 35.2 Å². The molecule has 0 radical (unpaired) electrons. The van der Waals surface area contributed by atoms with Crippen molar-refractivity contribution in [3.63, 3.8) is 0 Å². The minimum absolute atomic E-state index is 0.159. The lowest BCUT2D eigenvalue weighted by molar-refractivity contribution is 0.0696. The SMILES string of the molecule is COc1cc(C#Cc2nc(SNc3ccc(C(=O)O)cc3OC)cs2)ccn1. The van der Waals surface area contributed by atoms with Crippen LogP contribution in [0, 0.1) is 11.8 Å². The molecule has 2 aromatic heterocycles. The highest BCUT2D eigenvalue weighted by Gasteiger charge is 2.10. The van der Waals surface area contributed by atoms with Gasteiger partial charge in [-0.15, -0.1) is 11.3 Å². The number of carboxylic acids is 1. The number of nitrogens with one attached hydrogen (secondary N) is 1. The minimum atomic E-state index is -1.01. The van der Waals surface area contributed by atoms with Gasteiger partial charge in [-0.1, -0.05) is 5.92 Å². The summed E-state index contributed by atoms with van der Waals surface area (Å²) in [6, 6.07) is 8.18. The van der Waals surface area contributed by atoms with Crippen molar-refractivity contribution in [3.8, 4) is 23.5 Å². The molecule has 3 rings (SSSR count). The molecule has 3 aromatic rings. The molecule has 0 unspecified atom stereocenters. The van der Waals surface area contributed by atoms with Crippen molar-refractivity contribution in [2.24, 2.45) is 0 Å². The molecule has 2 heterocycles.